The molecule has 0 aliphatic carbocycles. The molecule has 1 N–H and O–H groups in total. The number of anilines is 1. The smallest absolute Gasteiger partial charge is 0.337 e. The highest BCUT2D eigenvalue weighted by molar-refractivity contribution is 8.26. The van der Waals surface area contributed by atoms with Crippen LogP contribution in [-0.2, 0) is 9.53 Å². The van der Waals surface area contributed by atoms with E-state index in [1.165, 1.54) is 23.8 Å². The lowest BCUT2D eigenvalue weighted by Gasteiger charge is -2.16. The molecule has 1 heterocycles. The highest BCUT2D eigenvalue weighted by Gasteiger charge is 2.32. The lowest BCUT2D eigenvalue weighted by molar-refractivity contribution is -0.121. The van der Waals surface area contributed by atoms with Crippen molar-refractivity contribution < 1.29 is 14.3 Å². The first-order valence-corrected chi connectivity index (χ1v) is 10.0. The topological polar surface area (TPSA) is 58.6 Å². The van der Waals surface area contributed by atoms with E-state index in [0.29, 0.717) is 30.4 Å². The number of esters is 1. The van der Waals surface area contributed by atoms with E-state index in [1.54, 1.807) is 48.5 Å². The van der Waals surface area contributed by atoms with Crippen molar-refractivity contribution in [2.75, 3.05) is 19.1 Å². The molecule has 0 bridgehead atoms. The second-order valence-electron chi connectivity index (χ2n) is 5.66. The van der Waals surface area contributed by atoms with Crippen molar-refractivity contribution >= 4 is 75.1 Å². The van der Waals surface area contributed by atoms with E-state index in [-0.39, 0.29) is 12.6 Å². The standard InChI is InChI=1S/C19H14Cl2N2O3S2/c1-26-18(25)11-5-7-13(8-6-11)22-10-23-17(24)15(28-19(23)27)9-12-3-2-4-14(20)16(12)21/h2-9,22H,10H2,1H3/b15-9+. The first-order chi connectivity index (χ1) is 13.4. The Hall–Kier alpha value is -2.06. The summed E-state index contributed by atoms with van der Waals surface area (Å²) < 4.78 is 5.10. The number of halogens is 2. The fraction of sp³-hybridized carbons (Fsp3) is 0.105. The minimum Gasteiger partial charge on any atom is -0.465 e. The van der Waals surface area contributed by atoms with Gasteiger partial charge in [-0.3, -0.25) is 9.69 Å². The largest absolute Gasteiger partial charge is 0.465 e. The van der Waals surface area contributed by atoms with Crippen LogP contribution in [0.3, 0.4) is 0 Å². The average Bonchev–Trinajstić information content (AvgIpc) is 2.96. The molecule has 1 aliphatic rings. The number of nitrogens with one attached hydrogen (secondary N) is 1. The molecule has 0 atom stereocenters. The normalized spacial score (nSPS) is 15.2. The zero-order valence-corrected chi connectivity index (χ0v) is 17.7. The monoisotopic (exact) mass is 452 g/mol. The molecule has 1 amide bonds. The van der Waals surface area contributed by atoms with Crippen LogP contribution in [0.25, 0.3) is 6.08 Å². The molecule has 0 aromatic heterocycles. The quantitative estimate of drug-likeness (QED) is 0.389. The molecule has 2 aromatic carbocycles. The first-order valence-electron chi connectivity index (χ1n) is 8.02. The van der Waals surface area contributed by atoms with E-state index in [0.717, 1.165) is 5.69 Å². The summed E-state index contributed by atoms with van der Waals surface area (Å²) in [5.41, 5.74) is 1.84. The average molecular weight is 453 g/mol. The summed E-state index contributed by atoms with van der Waals surface area (Å²) in [4.78, 5) is 26.1. The number of thioether (sulfide) groups is 1. The van der Waals surface area contributed by atoms with E-state index in [9.17, 15) is 9.59 Å². The maximum atomic E-state index is 12.7. The van der Waals surface area contributed by atoms with Crippen LogP contribution in [0.5, 0.6) is 0 Å². The predicted octanol–water partition coefficient (Wildman–Crippen LogP) is 5.05. The number of nitrogens with zero attached hydrogens (tertiary/aromatic N) is 1. The first kappa shape index (κ1) is 20.7. The molecule has 28 heavy (non-hydrogen) atoms. The Balaban J connectivity index is 1.69. The number of carbonyl (C=O) groups is 2. The summed E-state index contributed by atoms with van der Waals surface area (Å²) in [6.45, 7) is 0.197. The van der Waals surface area contributed by atoms with E-state index in [2.05, 4.69) is 10.1 Å². The van der Waals surface area contributed by atoms with Gasteiger partial charge in [-0.2, -0.15) is 0 Å². The van der Waals surface area contributed by atoms with Crippen LogP contribution in [0.4, 0.5) is 5.69 Å². The van der Waals surface area contributed by atoms with Gasteiger partial charge in [0.2, 0.25) is 0 Å². The highest BCUT2D eigenvalue weighted by Crippen LogP contribution is 2.35. The van der Waals surface area contributed by atoms with Crippen LogP contribution in [0.15, 0.2) is 47.4 Å². The number of methoxy groups -OCH3 is 1. The number of hydrogen-bond donors (Lipinski definition) is 1. The highest BCUT2D eigenvalue weighted by atomic mass is 35.5. The number of carbonyl (C=O) groups excluding carboxylic acids is 2. The third kappa shape index (κ3) is 4.50. The van der Waals surface area contributed by atoms with Gasteiger partial charge < -0.3 is 10.1 Å². The van der Waals surface area contributed by atoms with Crippen LogP contribution < -0.4 is 5.32 Å². The van der Waals surface area contributed by atoms with Gasteiger partial charge in [0.05, 0.1) is 34.3 Å². The van der Waals surface area contributed by atoms with Gasteiger partial charge in [0.1, 0.15) is 4.32 Å². The third-order valence-corrected chi connectivity index (χ3v) is 6.10. The molecule has 9 heteroatoms. The van der Waals surface area contributed by atoms with E-state index in [4.69, 9.17) is 35.4 Å². The number of ether oxygens (including phenoxy) is 1. The number of hydrogen-bond acceptors (Lipinski definition) is 6. The van der Waals surface area contributed by atoms with Gasteiger partial charge in [-0.1, -0.05) is 59.3 Å². The fourth-order valence-corrected chi connectivity index (χ4v) is 4.03. The van der Waals surface area contributed by atoms with Gasteiger partial charge in [-0.15, -0.1) is 0 Å². The van der Waals surface area contributed by atoms with Crippen molar-refractivity contribution in [2.45, 2.75) is 0 Å². The van der Waals surface area contributed by atoms with Crippen molar-refractivity contribution in [2.24, 2.45) is 0 Å². The predicted molar refractivity (Wildman–Crippen MR) is 118 cm³/mol. The van der Waals surface area contributed by atoms with Crippen molar-refractivity contribution in [3.05, 3.63) is 68.5 Å². The molecule has 0 spiro atoms. The molecular formula is C19H14Cl2N2O3S2. The van der Waals surface area contributed by atoms with E-state index >= 15 is 0 Å². The Bertz CT molecular complexity index is 978. The summed E-state index contributed by atoms with van der Waals surface area (Å²) in [7, 11) is 1.33. The van der Waals surface area contributed by atoms with Gasteiger partial charge in [0, 0.05) is 5.69 Å². The zero-order valence-electron chi connectivity index (χ0n) is 14.6. The minimum atomic E-state index is -0.409. The SMILES string of the molecule is COC(=O)c1ccc(NCN2C(=O)/C(=C\c3cccc(Cl)c3Cl)SC2=S)cc1. The van der Waals surface area contributed by atoms with E-state index < -0.39 is 5.97 Å². The van der Waals surface area contributed by atoms with Crippen LogP contribution >= 0.6 is 47.2 Å². The second-order valence-corrected chi connectivity index (χ2v) is 8.12. The van der Waals surface area contributed by atoms with Gasteiger partial charge in [-0.25, -0.2) is 4.79 Å². The van der Waals surface area contributed by atoms with Crippen molar-refractivity contribution in [1.82, 2.24) is 4.90 Å². The molecule has 0 radical (unpaired) electrons. The summed E-state index contributed by atoms with van der Waals surface area (Å²) in [6, 6.07) is 12.0. The maximum absolute atomic E-state index is 12.7. The number of benzene rings is 2. The number of thiocarbonyl (C=S) groups is 1. The van der Waals surface area contributed by atoms with Gasteiger partial charge in [0.25, 0.3) is 5.91 Å². The molecule has 5 nitrogen and oxygen atoms in total. The Labute approximate surface area is 181 Å². The summed E-state index contributed by atoms with van der Waals surface area (Å²) >= 11 is 18.7. The summed E-state index contributed by atoms with van der Waals surface area (Å²) in [6.07, 6.45) is 1.68. The summed E-state index contributed by atoms with van der Waals surface area (Å²) in [5, 5.41) is 3.92. The number of rotatable bonds is 5. The molecule has 144 valence electrons. The molecule has 2 aromatic rings. The van der Waals surface area contributed by atoms with Gasteiger partial charge in [-0.05, 0) is 42.0 Å². The molecule has 0 saturated carbocycles. The van der Waals surface area contributed by atoms with Crippen LogP contribution in [0.2, 0.25) is 10.0 Å². The fourth-order valence-electron chi connectivity index (χ4n) is 2.42. The molecule has 1 fully saturated rings. The van der Waals surface area contributed by atoms with Gasteiger partial charge >= 0.3 is 5.97 Å². The van der Waals surface area contributed by atoms with Crippen LogP contribution in [0, 0.1) is 0 Å². The third-order valence-electron chi connectivity index (χ3n) is 3.89. The zero-order chi connectivity index (χ0) is 20.3. The van der Waals surface area contributed by atoms with Crippen molar-refractivity contribution in [3.63, 3.8) is 0 Å². The lowest BCUT2D eigenvalue weighted by Crippen LogP contribution is -2.33. The maximum Gasteiger partial charge on any atom is 0.337 e. The Kier molecular flexibility index (Phi) is 6.61. The molecule has 1 aliphatic heterocycles. The van der Waals surface area contributed by atoms with Crippen molar-refractivity contribution in [3.8, 4) is 0 Å². The van der Waals surface area contributed by atoms with Crippen molar-refractivity contribution in [1.29, 1.82) is 0 Å². The Morgan fingerprint density at radius 2 is 1.96 bits per heavy atom. The minimum absolute atomic E-state index is 0.197. The Morgan fingerprint density at radius 3 is 2.64 bits per heavy atom. The van der Waals surface area contributed by atoms with E-state index in [1.807, 2.05) is 0 Å². The summed E-state index contributed by atoms with van der Waals surface area (Å²) in [5.74, 6) is -0.627. The molecular weight excluding hydrogens is 439 g/mol. The van der Waals surface area contributed by atoms with Gasteiger partial charge in [0.15, 0.2) is 0 Å². The van der Waals surface area contributed by atoms with Crippen LogP contribution in [0.1, 0.15) is 15.9 Å². The lowest BCUT2D eigenvalue weighted by atomic mass is 10.2. The molecule has 1 saturated heterocycles. The Morgan fingerprint density at radius 1 is 1.25 bits per heavy atom. The molecule has 0 unspecified atom stereocenters. The second kappa shape index (κ2) is 8.96. The van der Waals surface area contributed by atoms with Crippen LogP contribution in [-0.4, -0.2) is 34.9 Å². The number of amides is 1. The molecule has 3 rings (SSSR count).